The van der Waals surface area contributed by atoms with Gasteiger partial charge in [-0.2, -0.15) is 26.3 Å². The van der Waals surface area contributed by atoms with Crippen molar-refractivity contribution in [1.29, 1.82) is 0 Å². The molecule has 3 rings (SSSR count). The summed E-state index contributed by atoms with van der Waals surface area (Å²) in [5.74, 6) is -4.80. The van der Waals surface area contributed by atoms with Gasteiger partial charge in [0.1, 0.15) is 0 Å². The second kappa shape index (κ2) is 12.7. The Morgan fingerprint density at radius 2 is 1.65 bits per heavy atom. The highest BCUT2D eigenvalue weighted by Gasteiger charge is 2.49. The molecule has 0 unspecified atom stereocenters. The molecule has 14 heteroatoms. The number of halogens is 6. The quantitative estimate of drug-likeness (QED) is 0.569. The average Bonchev–Trinajstić information content (AvgIpc) is 3.44. The van der Waals surface area contributed by atoms with E-state index in [1.807, 2.05) is 18.4 Å². The van der Waals surface area contributed by atoms with Crippen molar-refractivity contribution in [1.82, 2.24) is 9.80 Å². The highest BCUT2D eigenvalue weighted by Crippen LogP contribution is 2.44. The molecular formula is C20H28F6N2O5S. The third kappa shape index (κ3) is 9.39. The summed E-state index contributed by atoms with van der Waals surface area (Å²) in [7, 11) is 1.85. The Balaban J connectivity index is 0.000000343. The maximum Gasteiger partial charge on any atom is 0.490 e. The van der Waals surface area contributed by atoms with E-state index in [2.05, 4.69) is 34.2 Å². The zero-order valence-electron chi connectivity index (χ0n) is 18.7. The number of carbonyl (C=O) groups is 2. The summed E-state index contributed by atoms with van der Waals surface area (Å²) in [6.45, 7) is 10.5. The van der Waals surface area contributed by atoms with Gasteiger partial charge in [-0.15, -0.1) is 11.3 Å². The van der Waals surface area contributed by atoms with Crippen molar-refractivity contribution in [2.24, 2.45) is 11.3 Å². The van der Waals surface area contributed by atoms with Crippen LogP contribution in [0.25, 0.3) is 0 Å². The maximum absolute atomic E-state index is 10.6. The predicted molar refractivity (Wildman–Crippen MR) is 112 cm³/mol. The highest BCUT2D eigenvalue weighted by molar-refractivity contribution is 7.09. The van der Waals surface area contributed by atoms with Crippen LogP contribution in [0.5, 0.6) is 0 Å². The lowest BCUT2D eigenvalue weighted by Crippen LogP contribution is -2.36. The van der Waals surface area contributed by atoms with Crippen molar-refractivity contribution in [2.45, 2.75) is 32.2 Å². The minimum Gasteiger partial charge on any atom is -0.475 e. The number of hydrogen-bond acceptors (Lipinski definition) is 6. The van der Waals surface area contributed by atoms with Crippen molar-refractivity contribution in [3.63, 3.8) is 0 Å². The molecule has 1 aromatic heterocycles. The summed E-state index contributed by atoms with van der Waals surface area (Å²) in [4.78, 5) is 24.5. The molecule has 0 amide bonds. The molecule has 2 aliphatic rings. The first-order chi connectivity index (χ1) is 15.6. The van der Waals surface area contributed by atoms with Gasteiger partial charge in [0, 0.05) is 49.5 Å². The lowest BCUT2D eigenvalue weighted by molar-refractivity contribution is -0.193. The van der Waals surface area contributed by atoms with Gasteiger partial charge >= 0.3 is 24.3 Å². The Bertz CT molecular complexity index is 750. The summed E-state index contributed by atoms with van der Waals surface area (Å²) in [6.07, 6.45) is -8.83. The predicted octanol–water partition coefficient (Wildman–Crippen LogP) is 3.80. The van der Waals surface area contributed by atoms with Crippen molar-refractivity contribution < 1.29 is 50.9 Å². The molecule has 0 radical (unpaired) electrons. The molecule has 2 atom stereocenters. The van der Waals surface area contributed by atoms with Gasteiger partial charge < -0.3 is 19.8 Å². The Morgan fingerprint density at radius 3 is 2.06 bits per heavy atom. The topological polar surface area (TPSA) is 90.3 Å². The van der Waals surface area contributed by atoms with Gasteiger partial charge in [0.25, 0.3) is 0 Å². The molecule has 2 fully saturated rings. The van der Waals surface area contributed by atoms with E-state index in [9.17, 15) is 26.3 Å². The van der Waals surface area contributed by atoms with Gasteiger partial charge in [0.05, 0.1) is 6.61 Å². The second-order valence-corrected chi connectivity index (χ2v) is 9.02. The molecule has 0 aliphatic carbocycles. The molecule has 196 valence electrons. The average molecular weight is 523 g/mol. The molecule has 2 saturated heterocycles. The van der Waals surface area contributed by atoms with Crippen LogP contribution in [0, 0.1) is 11.3 Å². The van der Waals surface area contributed by atoms with Gasteiger partial charge in [-0.3, -0.25) is 4.90 Å². The van der Waals surface area contributed by atoms with E-state index in [-0.39, 0.29) is 0 Å². The lowest BCUT2D eigenvalue weighted by atomic mass is 9.78. The van der Waals surface area contributed by atoms with Gasteiger partial charge in [-0.05, 0) is 31.0 Å². The summed E-state index contributed by atoms with van der Waals surface area (Å²) < 4.78 is 69.0. The fraction of sp³-hybridized carbons (Fsp3) is 0.700. The molecule has 0 saturated carbocycles. The van der Waals surface area contributed by atoms with Gasteiger partial charge in [0.2, 0.25) is 0 Å². The van der Waals surface area contributed by atoms with Crippen LogP contribution in [-0.4, -0.2) is 90.7 Å². The molecule has 1 aromatic rings. The third-order valence-corrected chi connectivity index (χ3v) is 6.47. The number of hydrogen-bond donors (Lipinski definition) is 2. The third-order valence-electron chi connectivity index (χ3n) is 5.61. The van der Waals surface area contributed by atoms with Crippen LogP contribution in [0.15, 0.2) is 17.5 Å². The van der Waals surface area contributed by atoms with Crippen LogP contribution in [0.1, 0.15) is 18.2 Å². The fourth-order valence-electron chi connectivity index (χ4n) is 4.02. The molecular weight excluding hydrogens is 494 g/mol. The molecule has 2 aliphatic heterocycles. The van der Waals surface area contributed by atoms with Crippen molar-refractivity contribution in [2.75, 3.05) is 46.4 Å². The van der Waals surface area contributed by atoms with Crippen LogP contribution in [0.3, 0.4) is 0 Å². The number of rotatable bonds is 5. The largest absolute Gasteiger partial charge is 0.490 e. The minimum atomic E-state index is -5.08. The summed E-state index contributed by atoms with van der Waals surface area (Å²) in [5.41, 5.74) is 0.475. The van der Waals surface area contributed by atoms with Crippen LogP contribution in [0.4, 0.5) is 26.3 Å². The number of carboxylic acids is 2. The number of methoxy groups -OCH3 is 1. The molecule has 0 aromatic carbocycles. The molecule has 7 nitrogen and oxygen atoms in total. The first-order valence-electron chi connectivity index (χ1n) is 10.2. The van der Waals surface area contributed by atoms with E-state index in [4.69, 9.17) is 24.5 Å². The number of carboxylic acid groups (broad SMARTS) is 2. The van der Waals surface area contributed by atoms with Crippen LogP contribution in [-0.2, 0) is 20.9 Å². The van der Waals surface area contributed by atoms with Gasteiger partial charge in [0.15, 0.2) is 0 Å². The molecule has 34 heavy (non-hydrogen) atoms. The van der Waals surface area contributed by atoms with E-state index < -0.39 is 24.3 Å². The van der Waals surface area contributed by atoms with E-state index in [1.165, 1.54) is 44.0 Å². The Kier molecular flexibility index (Phi) is 11.3. The SMILES string of the molecule is CCN1C[C@@H](COC)[C@]2(CCN(Cc3cccs3)C2)C1.O=C(O)C(F)(F)F.O=C(O)C(F)(F)F. The summed E-state index contributed by atoms with van der Waals surface area (Å²) in [6, 6.07) is 4.42. The molecule has 1 spiro atoms. The first-order valence-corrected chi connectivity index (χ1v) is 11.1. The van der Waals surface area contributed by atoms with Crippen LogP contribution < -0.4 is 0 Å². The first kappa shape index (κ1) is 30.1. The normalized spacial score (nSPS) is 23.2. The zero-order chi connectivity index (χ0) is 26.2. The highest BCUT2D eigenvalue weighted by atomic mass is 32.1. The van der Waals surface area contributed by atoms with Crippen molar-refractivity contribution in [3.05, 3.63) is 22.4 Å². The van der Waals surface area contributed by atoms with Gasteiger partial charge in [-0.1, -0.05) is 13.0 Å². The van der Waals surface area contributed by atoms with Crippen LogP contribution in [0.2, 0.25) is 0 Å². The fourth-order valence-corrected chi connectivity index (χ4v) is 4.77. The summed E-state index contributed by atoms with van der Waals surface area (Å²) >= 11 is 1.88. The van der Waals surface area contributed by atoms with E-state index in [1.54, 1.807) is 0 Å². The summed E-state index contributed by atoms with van der Waals surface area (Å²) in [5, 5.41) is 16.4. The smallest absolute Gasteiger partial charge is 0.475 e. The van der Waals surface area contributed by atoms with E-state index >= 15 is 0 Å². The zero-order valence-corrected chi connectivity index (χ0v) is 19.5. The monoisotopic (exact) mass is 522 g/mol. The molecule has 3 heterocycles. The Hall–Kier alpha value is -1.90. The minimum absolute atomic E-state index is 0.475. The number of aliphatic carboxylic acids is 2. The standard InChI is InChI=1S/C16H26N2OS.2C2HF3O2/c1-3-17-9-14(11-19-2)16(12-17)6-7-18(13-16)10-15-5-4-8-20-15;2*3-2(4,5)1(6)7/h4-5,8,14H,3,6-7,9-13H2,1-2H3;2*(H,6,7)/t14-,16+;;/m0../s1. The van der Waals surface area contributed by atoms with Gasteiger partial charge in [-0.25, -0.2) is 9.59 Å². The molecule has 2 N–H and O–H groups in total. The number of ether oxygens (including phenoxy) is 1. The maximum atomic E-state index is 10.6. The lowest BCUT2D eigenvalue weighted by Gasteiger charge is -2.30. The Morgan fingerprint density at radius 1 is 1.12 bits per heavy atom. The Labute approximate surface area is 196 Å². The van der Waals surface area contributed by atoms with Crippen molar-refractivity contribution >= 4 is 23.3 Å². The second-order valence-electron chi connectivity index (χ2n) is 7.99. The van der Waals surface area contributed by atoms with Crippen LogP contribution >= 0.6 is 11.3 Å². The van der Waals surface area contributed by atoms with E-state index in [0.717, 1.165) is 13.2 Å². The number of alkyl halides is 6. The molecule has 0 bridgehead atoms. The van der Waals surface area contributed by atoms with E-state index in [0.29, 0.717) is 11.3 Å². The van der Waals surface area contributed by atoms with Crippen molar-refractivity contribution in [3.8, 4) is 0 Å². The number of likely N-dealkylation sites (tertiary alicyclic amines) is 2. The number of thiophene rings is 1. The number of nitrogens with zero attached hydrogens (tertiary/aromatic N) is 2.